The molecule has 0 fully saturated rings. The molecule has 0 atom stereocenters. The van der Waals surface area contributed by atoms with Gasteiger partial charge >= 0.3 is 6.18 Å². The van der Waals surface area contributed by atoms with Crippen LogP contribution >= 0.6 is 15.9 Å². The van der Waals surface area contributed by atoms with Crippen molar-refractivity contribution in [2.24, 2.45) is 0 Å². The molecule has 0 spiro atoms. The molecule has 1 heterocycles. The lowest BCUT2D eigenvalue weighted by Gasteiger charge is -2.14. The lowest BCUT2D eigenvalue weighted by atomic mass is 10.1. The van der Waals surface area contributed by atoms with Crippen LogP contribution < -0.4 is 5.32 Å². The number of benzene rings is 1. The van der Waals surface area contributed by atoms with Gasteiger partial charge in [0.25, 0.3) is 0 Å². The maximum atomic E-state index is 12.9. The highest BCUT2D eigenvalue weighted by atomic mass is 79.9. The SMILES string of the molecule is FC(F)(F)c1cc(Br)ccc1NCCCc1ncc[nH]1. The number of halogens is 4. The number of aromatic amines is 1. The first-order valence-corrected chi connectivity index (χ1v) is 6.85. The highest BCUT2D eigenvalue weighted by molar-refractivity contribution is 9.10. The van der Waals surface area contributed by atoms with Gasteiger partial charge in [0.15, 0.2) is 0 Å². The third-order valence-corrected chi connectivity index (χ3v) is 3.24. The van der Waals surface area contributed by atoms with Crippen molar-refractivity contribution in [1.29, 1.82) is 0 Å². The zero-order valence-electron chi connectivity index (χ0n) is 10.5. The summed E-state index contributed by atoms with van der Waals surface area (Å²) in [6.07, 6.45) is 0.393. The predicted octanol–water partition coefficient (Wildman–Crippen LogP) is 4.24. The normalized spacial score (nSPS) is 11.6. The van der Waals surface area contributed by atoms with Crippen molar-refractivity contribution in [2.75, 3.05) is 11.9 Å². The Bertz CT molecular complexity index is 552. The number of anilines is 1. The van der Waals surface area contributed by atoms with Crippen LogP contribution in [0.1, 0.15) is 17.8 Å². The summed E-state index contributed by atoms with van der Waals surface area (Å²) >= 11 is 3.06. The first kappa shape index (κ1) is 14.9. The van der Waals surface area contributed by atoms with Gasteiger partial charge in [0.05, 0.1) is 5.56 Å². The minimum absolute atomic E-state index is 0.0974. The molecule has 0 saturated heterocycles. The number of hydrogen-bond donors (Lipinski definition) is 2. The highest BCUT2D eigenvalue weighted by Gasteiger charge is 2.33. The lowest BCUT2D eigenvalue weighted by molar-refractivity contribution is -0.137. The molecule has 2 aromatic rings. The molecule has 0 unspecified atom stereocenters. The average molecular weight is 348 g/mol. The van der Waals surface area contributed by atoms with E-state index in [4.69, 9.17) is 0 Å². The van der Waals surface area contributed by atoms with Gasteiger partial charge < -0.3 is 10.3 Å². The van der Waals surface area contributed by atoms with Crippen molar-refractivity contribution < 1.29 is 13.2 Å². The average Bonchev–Trinajstić information content (AvgIpc) is 2.88. The van der Waals surface area contributed by atoms with Gasteiger partial charge in [-0.15, -0.1) is 0 Å². The fourth-order valence-corrected chi connectivity index (χ4v) is 2.18. The van der Waals surface area contributed by atoms with E-state index in [-0.39, 0.29) is 5.69 Å². The number of imidazole rings is 1. The predicted molar refractivity (Wildman–Crippen MR) is 74.5 cm³/mol. The Hall–Kier alpha value is -1.50. The van der Waals surface area contributed by atoms with Gasteiger partial charge in [0, 0.05) is 35.5 Å². The number of alkyl halides is 3. The first-order chi connectivity index (χ1) is 9.47. The van der Waals surface area contributed by atoms with Crippen molar-refractivity contribution >= 4 is 21.6 Å². The summed E-state index contributed by atoms with van der Waals surface area (Å²) in [4.78, 5) is 7.01. The molecule has 2 rings (SSSR count). The number of nitrogens with zero attached hydrogens (tertiary/aromatic N) is 1. The van der Waals surface area contributed by atoms with Gasteiger partial charge in [-0.3, -0.25) is 0 Å². The second kappa shape index (κ2) is 6.30. The molecule has 0 aliphatic rings. The van der Waals surface area contributed by atoms with E-state index in [0.717, 1.165) is 11.9 Å². The molecule has 1 aromatic carbocycles. The van der Waals surface area contributed by atoms with E-state index >= 15 is 0 Å². The van der Waals surface area contributed by atoms with Crippen LogP contribution in [0.5, 0.6) is 0 Å². The van der Waals surface area contributed by atoms with E-state index < -0.39 is 11.7 Å². The van der Waals surface area contributed by atoms with E-state index in [9.17, 15) is 13.2 Å². The van der Waals surface area contributed by atoms with Gasteiger partial charge in [0.2, 0.25) is 0 Å². The first-order valence-electron chi connectivity index (χ1n) is 6.05. The van der Waals surface area contributed by atoms with Gasteiger partial charge in [0.1, 0.15) is 5.82 Å². The number of rotatable bonds is 5. The van der Waals surface area contributed by atoms with Crippen LogP contribution in [0.2, 0.25) is 0 Å². The maximum Gasteiger partial charge on any atom is 0.418 e. The number of aryl methyl sites for hydroxylation is 1. The Labute approximate surface area is 122 Å². The standard InChI is InChI=1S/C13H13BrF3N3/c14-9-3-4-11(10(8-9)13(15,16)17)18-5-1-2-12-19-6-7-20-12/h3-4,6-8,18H,1-2,5H2,(H,19,20). The van der Waals surface area contributed by atoms with Crippen LogP contribution in [0.25, 0.3) is 0 Å². The number of hydrogen-bond acceptors (Lipinski definition) is 2. The number of aromatic nitrogens is 2. The summed E-state index contributed by atoms with van der Waals surface area (Å²) in [7, 11) is 0. The Balaban J connectivity index is 1.95. The summed E-state index contributed by atoms with van der Waals surface area (Å²) in [6.45, 7) is 0.450. The Morgan fingerprint density at radius 2 is 2.10 bits per heavy atom. The summed E-state index contributed by atoms with van der Waals surface area (Å²) in [5, 5.41) is 2.83. The molecule has 108 valence electrons. The Morgan fingerprint density at radius 1 is 1.30 bits per heavy atom. The molecule has 3 nitrogen and oxygen atoms in total. The van der Waals surface area contributed by atoms with Crippen molar-refractivity contribution in [1.82, 2.24) is 9.97 Å². The molecule has 0 bridgehead atoms. The van der Waals surface area contributed by atoms with Crippen molar-refractivity contribution in [3.8, 4) is 0 Å². The van der Waals surface area contributed by atoms with Gasteiger partial charge in [-0.25, -0.2) is 4.98 Å². The van der Waals surface area contributed by atoms with Crippen LogP contribution in [-0.2, 0) is 12.6 Å². The summed E-state index contributed by atoms with van der Waals surface area (Å²) < 4.78 is 39.1. The third kappa shape index (κ3) is 4.00. The molecule has 0 aliphatic carbocycles. The summed E-state index contributed by atoms with van der Waals surface area (Å²) in [6, 6.07) is 4.10. The Morgan fingerprint density at radius 3 is 2.75 bits per heavy atom. The van der Waals surface area contributed by atoms with Crippen LogP contribution in [0, 0.1) is 0 Å². The van der Waals surface area contributed by atoms with Gasteiger partial charge in [-0.1, -0.05) is 15.9 Å². The summed E-state index contributed by atoms with van der Waals surface area (Å²) in [5.74, 6) is 0.832. The molecular formula is C13H13BrF3N3. The minimum Gasteiger partial charge on any atom is -0.385 e. The molecular weight excluding hydrogens is 335 g/mol. The number of H-pyrrole nitrogens is 1. The topological polar surface area (TPSA) is 40.7 Å². The zero-order valence-corrected chi connectivity index (χ0v) is 12.1. The van der Waals surface area contributed by atoms with E-state index in [0.29, 0.717) is 23.9 Å². The third-order valence-electron chi connectivity index (χ3n) is 2.75. The minimum atomic E-state index is -4.37. The van der Waals surface area contributed by atoms with E-state index in [1.54, 1.807) is 18.5 Å². The van der Waals surface area contributed by atoms with Crippen LogP contribution in [0.3, 0.4) is 0 Å². The second-order valence-corrected chi connectivity index (χ2v) is 5.17. The quantitative estimate of drug-likeness (QED) is 0.794. The van der Waals surface area contributed by atoms with E-state index in [1.165, 1.54) is 6.07 Å². The molecule has 0 amide bonds. The van der Waals surface area contributed by atoms with E-state index in [1.807, 2.05) is 0 Å². The van der Waals surface area contributed by atoms with Gasteiger partial charge in [-0.2, -0.15) is 13.2 Å². The van der Waals surface area contributed by atoms with Gasteiger partial charge in [-0.05, 0) is 24.6 Å². The lowest BCUT2D eigenvalue weighted by Crippen LogP contribution is -2.12. The fraction of sp³-hybridized carbons (Fsp3) is 0.308. The van der Waals surface area contributed by atoms with E-state index in [2.05, 4.69) is 31.2 Å². The second-order valence-electron chi connectivity index (χ2n) is 4.25. The monoisotopic (exact) mass is 347 g/mol. The largest absolute Gasteiger partial charge is 0.418 e. The molecule has 0 radical (unpaired) electrons. The molecule has 7 heteroatoms. The van der Waals surface area contributed by atoms with Crippen LogP contribution in [-0.4, -0.2) is 16.5 Å². The van der Waals surface area contributed by atoms with Crippen molar-refractivity contribution in [3.63, 3.8) is 0 Å². The smallest absolute Gasteiger partial charge is 0.385 e. The van der Waals surface area contributed by atoms with Crippen molar-refractivity contribution in [3.05, 3.63) is 46.5 Å². The van der Waals surface area contributed by atoms with Crippen LogP contribution in [0.15, 0.2) is 35.1 Å². The number of nitrogens with one attached hydrogen (secondary N) is 2. The zero-order chi connectivity index (χ0) is 14.6. The van der Waals surface area contributed by atoms with Crippen molar-refractivity contribution in [2.45, 2.75) is 19.0 Å². The molecule has 0 saturated carbocycles. The molecule has 1 aromatic heterocycles. The molecule has 2 N–H and O–H groups in total. The highest BCUT2D eigenvalue weighted by Crippen LogP contribution is 2.36. The Kier molecular flexibility index (Phi) is 4.69. The maximum absolute atomic E-state index is 12.9. The van der Waals surface area contributed by atoms with Crippen LogP contribution in [0.4, 0.5) is 18.9 Å². The summed E-state index contributed by atoms with van der Waals surface area (Å²) in [5.41, 5.74) is -0.565. The molecule has 0 aliphatic heterocycles. The molecule has 20 heavy (non-hydrogen) atoms. The fourth-order valence-electron chi connectivity index (χ4n) is 1.82.